The van der Waals surface area contributed by atoms with Crippen molar-refractivity contribution in [3.05, 3.63) is 35.9 Å². The van der Waals surface area contributed by atoms with Crippen LogP contribution in [0.15, 0.2) is 30.3 Å². The molecule has 3 rings (SSSR count). The molecule has 1 aromatic carbocycles. The summed E-state index contributed by atoms with van der Waals surface area (Å²) in [6.07, 6.45) is 1.34. The molecule has 0 spiro atoms. The lowest BCUT2D eigenvalue weighted by molar-refractivity contribution is -0.138. The van der Waals surface area contributed by atoms with E-state index in [-0.39, 0.29) is 42.6 Å². The molecule has 0 bridgehead atoms. The highest BCUT2D eigenvalue weighted by molar-refractivity contribution is 5.96. The van der Waals surface area contributed by atoms with Crippen LogP contribution in [-0.4, -0.2) is 53.8 Å². The summed E-state index contributed by atoms with van der Waals surface area (Å²) in [7, 11) is 0. The number of hydrogen-bond donors (Lipinski definition) is 1. The number of nitrogens with zero attached hydrogens (tertiary/aromatic N) is 1. The molecule has 2 aliphatic rings. The van der Waals surface area contributed by atoms with Crippen LogP contribution in [0.5, 0.6) is 0 Å². The molecule has 164 valence electrons. The smallest absolute Gasteiger partial charge is 0.224 e. The van der Waals surface area contributed by atoms with Crippen LogP contribution >= 0.6 is 0 Å². The van der Waals surface area contributed by atoms with Gasteiger partial charge in [0.25, 0.3) is 0 Å². The Morgan fingerprint density at radius 1 is 1.27 bits per heavy atom. The van der Waals surface area contributed by atoms with Crippen LogP contribution in [0, 0.1) is 11.8 Å². The topological polar surface area (TPSA) is 75.7 Å². The zero-order chi connectivity index (χ0) is 21.9. The number of Topliss-reactive ketones (excluding diaryl/α,β-unsaturated/α-hetero) is 1. The maximum atomic E-state index is 13.1. The van der Waals surface area contributed by atoms with E-state index in [0.29, 0.717) is 18.9 Å². The molecule has 2 heterocycles. The van der Waals surface area contributed by atoms with Crippen molar-refractivity contribution in [3.8, 4) is 0 Å². The molecule has 1 N–H and O–H groups in total. The minimum Gasteiger partial charge on any atom is -0.368 e. The largest absolute Gasteiger partial charge is 0.368 e. The van der Waals surface area contributed by atoms with Gasteiger partial charge in [-0.15, -0.1) is 0 Å². The number of ketones is 1. The van der Waals surface area contributed by atoms with Crippen molar-refractivity contribution in [1.82, 2.24) is 10.2 Å². The predicted molar refractivity (Wildman–Crippen MR) is 115 cm³/mol. The quantitative estimate of drug-likeness (QED) is 0.744. The first-order valence-corrected chi connectivity index (χ1v) is 11.0. The van der Waals surface area contributed by atoms with Crippen LogP contribution in [0.2, 0.25) is 0 Å². The second-order valence-electron chi connectivity index (χ2n) is 9.33. The summed E-state index contributed by atoms with van der Waals surface area (Å²) >= 11 is 0. The average molecular weight is 415 g/mol. The molecule has 2 aliphatic heterocycles. The lowest BCUT2D eigenvalue weighted by Crippen LogP contribution is -2.57. The Labute approximate surface area is 179 Å². The predicted octanol–water partition coefficient (Wildman–Crippen LogP) is 2.92. The van der Waals surface area contributed by atoms with Gasteiger partial charge in [0.15, 0.2) is 5.78 Å². The van der Waals surface area contributed by atoms with Gasteiger partial charge in [0.05, 0.1) is 6.10 Å². The lowest BCUT2D eigenvalue weighted by atomic mass is 9.89. The van der Waals surface area contributed by atoms with Crippen LogP contribution in [0.1, 0.15) is 58.4 Å². The fourth-order valence-electron chi connectivity index (χ4n) is 4.45. The molecule has 2 saturated heterocycles. The summed E-state index contributed by atoms with van der Waals surface area (Å²) in [6.45, 7) is 9.02. The Bertz CT molecular complexity index is 779. The van der Waals surface area contributed by atoms with Crippen molar-refractivity contribution in [3.63, 3.8) is 0 Å². The Balaban J connectivity index is 1.64. The maximum Gasteiger partial charge on any atom is 0.224 e. The molecule has 0 aliphatic carbocycles. The van der Waals surface area contributed by atoms with Gasteiger partial charge in [-0.3, -0.25) is 14.4 Å². The van der Waals surface area contributed by atoms with Gasteiger partial charge in [-0.25, -0.2) is 0 Å². The summed E-state index contributed by atoms with van der Waals surface area (Å²) in [5.41, 5.74) is 0.229. The van der Waals surface area contributed by atoms with Crippen molar-refractivity contribution in [2.75, 3.05) is 19.7 Å². The van der Waals surface area contributed by atoms with Gasteiger partial charge in [-0.2, -0.15) is 0 Å². The Morgan fingerprint density at radius 3 is 2.57 bits per heavy atom. The van der Waals surface area contributed by atoms with Crippen LogP contribution in [0.25, 0.3) is 0 Å². The van der Waals surface area contributed by atoms with Crippen molar-refractivity contribution in [2.24, 2.45) is 11.8 Å². The number of likely N-dealkylation sites (tertiary alicyclic amines) is 1. The summed E-state index contributed by atoms with van der Waals surface area (Å²) in [5, 5.41) is 2.91. The van der Waals surface area contributed by atoms with E-state index < -0.39 is 11.5 Å². The third kappa shape index (κ3) is 4.91. The highest BCUT2D eigenvalue weighted by atomic mass is 16.5. The second kappa shape index (κ2) is 9.29. The third-order valence-electron chi connectivity index (χ3n) is 6.60. The lowest BCUT2D eigenvalue weighted by Gasteiger charge is -2.30. The van der Waals surface area contributed by atoms with Crippen LogP contribution in [0.3, 0.4) is 0 Å². The molecule has 4 unspecified atom stereocenters. The molecule has 30 heavy (non-hydrogen) atoms. The van der Waals surface area contributed by atoms with Crippen molar-refractivity contribution in [1.29, 1.82) is 0 Å². The fraction of sp³-hybridized carbons (Fsp3) is 0.625. The van der Waals surface area contributed by atoms with Gasteiger partial charge in [0.1, 0.15) is 12.1 Å². The zero-order valence-corrected chi connectivity index (χ0v) is 18.5. The molecule has 1 aromatic rings. The highest BCUT2D eigenvalue weighted by Gasteiger charge is 2.47. The van der Waals surface area contributed by atoms with Gasteiger partial charge < -0.3 is 15.0 Å². The summed E-state index contributed by atoms with van der Waals surface area (Å²) < 4.78 is 5.42. The molecular weight excluding hydrogens is 380 g/mol. The van der Waals surface area contributed by atoms with Crippen molar-refractivity contribution in [2.45, 2.75) is 64.5 Å². The first-order chi connectivity index (χ1) is 14.2. The number of hydrogen-bond acceptors (Lipinski definition) is 4. The summed E-state index contributed by atoms with van der Waals surface area (Å²) in [6, 6.07) is 10.3. The number of amides is 2. The molecule has 2 fully saturated rings. The SMILES string of the molecule is CC(C)CC(CC(=O)N1CCC(c2ccccc2)C1)C(=O)NC1(C)C(=O)COC1C. The fourth-order valence-corrected chi connectivity index (χ4v) is 4.45. The van der Waals surface area contributed by atoms with E-state index in [1.54, 1.807) is 13.8 Å². The molecule has 6 heteroatoms. The summed E-state index contributed by atoms with van der Waals surface area (Å²) in [4.78, 5) is 40.3. The number of nitrogens with one attached hydrogen (secondary N) is 1. The van der Waals surface area contributed by atoms with Gasteiger partial charge in [0.2, 0.25) is 11.8 Å². The maximum absolute atomic E-state index is 13.1. The van der Waals surface area contributed by atoms with E-state index in [1.807, 2.05) is 36.9 Å². The Morgan fingerprint density at radius 2 is 1.97 bits per heavy atom. The molecular formula is C24H34N2O4. The van der Waals surface area contributed by atoms with Crippen LogP contribution in [0.4, 0.5) is 0 Å². The van der Waals surface area contributed by atoms with Gasteiger partial charge in [0, 0.05) is 31.3 Å². The van der Waals surface area contributed by atoms with E-state index in [4.69, 9.17) is 4.74 Å². The minimum atomic E-state index is -1.03. The number of benzene rings is 1. The normalized spacial score (nSPS) is 27.5. The third-order valence-corrected chi connectivity index (χ3v) is 6.60. The van der Waals surface area contributed by atoms with E-state index in [2.05, 4.69) is 17.4 Å². The molecule has 2 amide bonds. The first-order valence-electron chi connectivity index (χ1n) is 11.0. The standard InChI is InChI=1S/C24H34N2O4/c1-16(2)12-20(23(29)25-24(4)17(3)30-15-21(24)27)13-22(28)26-11-10-19(14-26)18-8-6-5-7-9-18/h5-9,16-17,19-20H,10-15H2,1-4H3,(H,25,29). The molecule has 4 atom stereocenters. The van der Waals surface area contributed by atoms with Crippen LogP contribution < -0.4 is 5.32 Å². The van der Waals surface area contributed by atoms with Gasteiger partial charge in [-0.05, 0) is 38.2 Å². The van der Waals surface area contributed by atoms with E-state index in [9.17, 15) is 14.4 Å². The average Bonchev–Trinajstić information content (AvgIpc) is 3.29. The van der Waals surface area contributed by atoms with E-state index >= 15 is 0 Å². The van der Waals surface area contributed by atoms with Crippen LogP contribution in [-0.2, 0) is 19.1 Å². The number of ether oxygens (including phenoxy) is 1. The monoisotopic (exact) mass is 414 g/mol. The summed E-state index contributed by atoms with van der Waals surface area (Å²) in [5.74, 6) is -0.176. The molecule has 0 radical (unpaired) electrons. The second-order valence-corrected chi connectivity index (χ2v) is 9.33. The number of rotatable bonds is 7. The molecule has 0 saturated carbocycles. The van der Waals surface area contributed by atoms with Gasteiger partial charge in [-0.1, -0.05) is 44.2 Å². The van der Waals surface area contributed by atoms with Crippen molar-refractivity contribution < 1.29 is 19.1 Å². The number of carbonyl (C=O) groups excluding carboxylic acids is 3. The molecule has 0 aromatic heterocycles. The zero-order valence-electron chi connectivity index (χ0n) is 18.5. The first kappa shape index (κ1) is 22.5. The Hall–Kier alpha value is -2.21. The van der Waals surface area contributed by atoms with E-state index in [0.717, 1.165) is 13.0 Å². The highest BCUT2D eigenvalue weighted by Crippen LogP contribution is 2.29. The van der Waals surface area contributed by atoms with Crippen molar-refractivity contribution >= 4 is 17.6 Å². The number of carbonyl (C=O) groups is 3. The molecule has 6 nitrogen and oxygen atoms in total. The minimum absolute atomic E-state index is 0.0143. The van der Waals surface area contributed by atoms with E-state index in [1.165, 1.54) is 5.56 Å². The Kier molecular flexibility index (Phi) is 6.96. The van der Waals surface area contributed by atoms with Gasteiger partial charge >= 0.3 is 0 Å².